The fraction of sp³-hybridized carbons (Fsp3) is 0.385. The quantitative estimate of drug-likeness (QED) is 0.641. The highest BCUT2D eigenvalue weighted by Gasteiger charge is 2.44. The van der Waals surface area contributed by atoms with Crippen molar-refractivity contribution in [3.8, 4) is 11.3 Å². The van der Waals surface area contributed by atoms with Crippen molar-refractivity contribution in [1.29, 1.82) is 0 Å². The molecule has 2 aliphatic rings. The first kappa shape index (κ1) is 20.6. The van der Waals surface area contributed by atoms with E-state index in [0.29, 0.717) is 31.7 Å². The molecule has 0 saturated carbocycles. The minimum absolute atomic E-state index is 0.0613. The Hall–Kier alpha value is -3.28. The van der Waals surface area contributed by atoms with E-state index >= 15 is 0 Å². The molecule has 6 heteroatoms. The van der Waals surface area contributed by atoms with Crippen molar-refractivity contribution in [2.45, 2.75) is 51.5 Å². The van der Waals surface area contributed by atoms with E-state index in [1.54, 1.807) is 0 Å². The van der Waals surface area contributed by atoms with Crippen molar-refractivity contribution in [2.24, 2.45) is 0 Å². The van der Waals surface area contributed by atoms with E-state index in [-0.39, 0.29) is 16.9 Å². The Morgan fingerprint density at radius 3 is 2.34 bits per heavy atom. The number of aryl methyl sites for hydroxylation is 2. The van der Waals surface area contributed by atoms with E-state index in [1.807, 2.05) is 71.8 Å². The molecule has 5 rings (SSSR count). The first-order chi connectivity index (χ1) is 15.5. The van der Waals surface area contributed by atoms with Crippen LogP contribution in [0.5, 0.6) is 0 Å². The number of aromatic nitrogens is 3. The van der Waals surface area contributed by atoms with Crippen LogP contribution in [0.2, 0.25) is 0 Å². The summed E-state index contributed by atoms with van der Waals surface area (Å²) in [6.45, 7) is 6.12. The van der Waals surface area contributed by atoms with Crippen LogP contribution in [-0.4, -0.2) is 38.7 Å². The molecule has 0 N–H and O–H groups in total. The highest BCUT2D eigenvalue weighted by atomic mass is 16.2. The van der Waals surface area contributed by atoms with Crippen LogP contribution in [0, 0.1) is 13.8 Å². The predicted octanol–water partition coefficient (Wildman–Crippen LogP) is 3.43. The van der Waals surface area contributed by atoms with Gasteiger partial charge in [-0.3, -0.25) is 14.2 Å². The third-order valence-electron chi connectivity index (χ3n) is 7.24. The van der Waals surface area contributed by atoms with Gasteiger partial charge in [0.2, 0.25) is 5.91 Å². The minimum atomic E-state index is -0.155. The number of amides is 1. The largest absolute Gasteiger partial charge is 0.342 e. The van der Waals surface area contributed by atoms with Crippen LogP contribution in [0.1, 0.15) is 41.8 Å². The maximum atomic E-state index is 13.2. The van der Waals surface area contributed by atoms with Crippen LogP contribution in [0.25, 0.3) is 11.3 Å². The Bertz CT molecular complexity index is 1220. The standard InChI is InChI=1S/C26H28N4O2/c1-18-7-9-20(10-8-18)23-24(32)30-16-13-26(25(30)28-27-23)11-14-29(15-12-26)22(31)17-21-6-4-3-5-19(21)2/h3-10H,11-17H2,1-2H3. The molecule has 0 aliphatic carbocycles. The van der Waals surface area contributed by atoms with Crippen molar-refractivity contribution in [3.63, 3.8) is 0 Å². The number of likely N-dealkylation sites (tertiary alicyclic amines) is 1. The molecule has 2 aliphatic heterocycles. The molecular formula is C26H28N4O2. The Labute approximate surface area is 187 Å². The molecule has 164 valence electrons. The minimum Gasteiger partial charge on any atom is -0.342 e. The van der Waals surface area contributed by atoms with Crippen LogP contribution >= 0.6 is 0 Å². The molecule has 0 unspecified atom stereocenters. The molecule has 6 nitrogen and oxygen atoms in total. The molecule has 1 aromatic heterocycles. The Balaban J connectivity index is 1.33. The number of carbonyl (C=O) groups is 1. The Morgan fingerprint density at radius 2 is 1.62 bits per heavy atom. The highest BCUT2D eigenvalue weighted by molar-refractivity contribution is 5.79. The lowest BCUT2D eigenvalue weighted by Crippen LogP contribution is -2.45. The molecule has 1 saturated heterocycles. The predicted molar refractivity (Wildman–Crippen MR) is 123 cm³/mol. The van der Waals surface area contributed by atoms with Gasteiger partial charge in [0.15, 0.2) is 5.69 Å². The molecule has 0 atom stereocenters. The van der Waals surface area contributed by atoms with Gasteiger partial charge in [0, 0.05) is 30.6 Å². The average Bonchev–Trinajstić information content (AvgIpc) is 3.15. The smallest absolute Gasteiger partial charge is 0.280 e. The van der Waals surface area contributed by atoms with Gasteiger partial charge in [0.1, 0.15) is 5.82 Å². The number of fused-ring (bicyclic) bond motifs is 2. The maximum absolute atomic E-state index is 13.2. The SMILES string of the molecule is Cc1ccc(-c2nnc3n(c2=O)CCC32CCN(C(=O)Cc3ccccc3C)CC2)cc1. The van der Waals surface area contributed by atoms with Crippen molar-refractivity contribution in [3.05, 3.63) is 81.4 Å². The molecule has 1 fully saturated rings. The lowest BCUT2D eigenvalue weighted by Gasteiger charge is -2.38. The summed E-state index contributed by atoms with van der Waals surface area (Å²) >= 11 is 0. The first-order valence-corrected chi connectivity index (χ1v) is 11.3. The van der Waals surface area contributed by atoms with Crippen LogP contribution in [-0.2, 0) is 23.2 Å². The van der Waals surface area contributed by atoms with Crippen LogP contribution in [0.15, 0.2) is 53.3 Å². The van der Waals surface area contributed by atoms with Gasteiger partial charge in [-0.2, -0.15) is 0 Å². The molecule has 32 heavy (non-hydrogen) atoms. The average molecular weight is 429 g/mol. The Kier molecular flexibility index (Phi) is 5.16. The molecule has 2 aromatic carbocycles. The molecular weight excluding hydrogens is 400 g/mol. The van der Waals surface area contributed by atoms with Gasteiger partial charge in [0.25, 0.3) is 5.56 Å². The maximum Gasteiger partial charge on any atom is 0.280 e. The summed E-state index contributed by atoms with van der Waals surface area (Å²) in [7, 11) is 0. The molecule has 0 bridgehead atoms. The summed E-state index contributed by atoms with van der Waals surface area (Å²) in [5.41, 5.74) is 4.39. The lowest BCUT2D eigenvalue weighted by molar-refractivity contribution is -0.132. The van der Waals surface area contributed by atoms with Gasteiger partial charge in [0.05, 0.1) is 6.42 Å². The van der Waals surface area contributed by atoms with Crippen LogP contribution in [0.3, 0.4) is 0 Å². The fourth-order valence-corrected chi connectivity index (χ4v) is 5.09. The Morgan fingerprint density at radius 1 is 0.938 bits per heavy atom. The van der Waals surface area contributed by atoms with E-state index in [9.17, 15) is 9.59 Å². The zero-order valence-corrected chi connectivity index (χ0v) is 18.7. The second-order valence-corrected chi connectivity index (χ2v) is 9.21. The molecule has 1 spiro atoms. The van der Waals surface area contributed by atoms with Gasteiger partial charge in [-0.05, 0) is 44.2 Å². The second-order valence-electron chi connectivity index (χ2n) is 9.21. The number of hydrogen-bond acceptors (Lipinski definition) is 4. The first-order valence-electron chi connectivity index (χ1n) is 11.3. The third-order valence-corrected chi connectivity index (χ3v) is 7.24. The number of piperidine rings is 1. The summed E-state index contributed by atoms with van der Waals surface area (Å²) in [5, 5.41) is 8.91. The molecule has 1 amide bonds. The zero-order chi connectivity index (χ0) is 22.3. The van der Waals surface area contributed by atoms with Crippen molar-refractivity contribution in [1.82, 2.24) is 19.7 Å². The van der Waals surface area contributed by atoms with Gasteiger partial charge < -0.3 is 4.90 Å². The number of benzene rings is 2. The summed E-state index contributed by atoms with van der Waals surface area (Å²) < 4.78 is 1.81. The highest BCUT2D eigenvalue weighted by Crippen LogP contribution is 2.41. The molecule has 0 radical (unpaired) electrons. The van der Waals surface area contributed by atoms with Crippen molar-refractivity contribution >= 4 is 5.91 Å². The van der Waals surface area contributed by atoms with Gasteiger partial charge in [-0.25, -0.2) is 0 Å². The fourth-order valence-electron chi connectivity index (χ4n) is 5.09. The number of carbonyl (C=O) groups excluding carboxylic acids is 1. The summed E-state index contributed by atoms with van der Waals surface area (Å²) in [6.07, 6.45) is 2.97. The summed E-state index contributed by atoms with van der Waals surface area (Å²) in [4.78, 5) is 28.0. The van der Waals surface area contributed by atoms with E-state index in [1.165, 1.54) is 0 Å². The van der Waals surface area contributed by atoms with Crippen molar-refractivity contribution in [2.75, 3.05) is 13.1 Å². The topological polar surface area (TPSA) is 68.1 Å². The number of hydrogen-bond donors (Lipinski definition) is 0. The van der Waals surface area contributed by atoms with E-state index in [4.69, 9.17) is 0 Å². The van der Waals surface area contributed by atoms with Crippen LogP contribution in [0.4, 0.5) is 0 Å². The third kappa shape index (κ3) is 3.53. The molecule has 3 heterocycles. The van der Waals surface area contributed by atoms with Gasteiger partial charge in [-0.1, -0.05) is 54.1 Å². The van der Waals surface area contributed by atoms with Crippen LogP contribution < -0.4 is 5.56 Å². The van der Waals surface area contributed by atoms with Gasteiger partial charge in [-0.15, -0.1) is 10.2 Å². The monoisotopic (exact) mass is 428 g/mol. The second kappa shape index (κ2) is 8.01. The van der Waals surface area contributed by atoms with Gasteiger partial charge >= 0.3 is 0 Å². The normalized spacial score (nSPS) is 16.9. The van der Waals surface area contributed by atoms with Crippen molar-refractivity contribution < 1.29 is 4.79 Å². The molecule has 3 aromatic rings. The van der Waals surface area contributed by atoms with E-state index in [0.717, 1.165) is 47.3 Å². The number of rotatable bonds is 3. The summed E-state index contributed by atoms with van der Waals surface area (Å²) in [5.74, 6) is 0.967. The number of nitrogens with zero attached hydrogens (tertiary/aromatic N) is 4. The zero-order valence-electron chi connectivity index (χ0n) is 18.7. The van der Waals surface area contributed by atoms with E-state index < -0.39 is 0 Å². The van der Waals surface area contributed by atoms with E-state index in [2.05, 4.69) is 10.2 Å². The lowest BCUT2D eigenvalue weighted by atomic mass is 9.76. The summed E-state index contributed by atoms with van der Waals surface area (Å²) in [6, 6.07) is 15.9.